The molecule has 0 radical (unpaired) electrons. The molecular formula is C47H52N10O7S. The molecule has 5 amide bonds. The number of nitrogens with one attached hydrogen (secondary N) is 1. The van der Waals surface area contributed by atoms with Gasteiger partial charge in [-0.25, -0.2) is 14.6 Å². The third-order valence-corrected chi connectivity index (χ3v) is 13.6. The monoisotopic (exact) mass is 900 g/mol. The molecule has 6 heterocycles. The van der Waals surface area contributed by atoms with Crippen LogP contribution >= 0.6 is 11.8 Å². The van der Waals surface area contributed by atoms with Crippen LogP contribution in [0.3, 0.4) is 0 Å². The molecule has 0 aliphatic carbocycles. The number of carbonyl (C=O) groups is 5. The lowest BCUT2D eigenvalue weighted by molar-refractivity contribution is -0.138. The molecule has 0 bridgehead atoms. The number of likely N-dealkylation sites (tertiary alicyclic amines) is 1. The summed E-state index contributed by atoms with van der Waals surface area (Å²) in [5.41, 5.74) is 10.1. The molecule has 5 aromatic rings. The Morgan fingerprint density at radius 2 is 1.66 bits per heavy atom. The van der Waals surface area contributed by atoms with Gasteiger partial charge in [-0.1, -0.05) is 24.3 Å². The molecule has 4 aliphatic rings. The van der Waals surface area contributed by atoms with Gasteiger partial charge in [0, 0.05) is 80.4 Å². The number of imide groups is 1. The normalized spacial score (nSPS) is 19.1. The number of amides is 5. The number of para-hydroxylation sites is 1. The number of hydrogen-bond acceptors (Lipinski definition) is 13. The highest BCUT2D eigenvalue weighted by molar-refractivity contribution is 7.99. The molecule has 3 saturated heterocycles. The number of carbonyl (C=O) groups excluding carboxylic acids is 5. The first-order chi connectivity index (χ1) is 31.7. The molecule has 3 fully saturated rings. The van der Waals surface area contributed by atoms with E-state index in [1.807, 2.05) is 81.2 Å². The van der Waals surface area contributed by atoms with E-state index in [9.17, 15) is 24.0 Å². The molecule has 3 aromatic carbocycles. The number of thioether (sulfide) groups is 1. The first-order valence-corrected chi connectivity index (χ1v) is 23.3. The maximum Gasteiger partial charge on any atom is 0.255 e. The van der Waals surface area contributed by atoms with Crippen LogP contribution in [0.2, 0.25) is 0 Å². The van der Waals surface area contributed by atoms with Crippen LogP contribution in [0.4, 0.5) is 5.82 Å². The Kier molecular flexibility index (Phi) is 13.4. The average Bonchev–Trinajstić information content (AvgIpc) is 3.89. The molecule has 18 heteroatoms. The van der Waals surface area contributed by atoms with E-state index >= 15 is 0 Å². The first-order valence-electron chi connectivity index (χ1n) is 22.3. The van der Waals surface area contributed by atoms with E-state index in [2.05, 4.69) is 20.2 Å². The number of piperazine rings is 1. The average molecular weight is 901 g/mol. The van der Waals surface area contributed by atoms with Crippen LogP contribution < -0.4 is 15.8 Å². The fourth-order valence-corrected chi connectivity index (χ4v) is 10.1. The van der Waals surface area contributed by atoms with Crippen molar-refractivity contribution in [3.8, 4) is 22.8 Å². The number of ether oxygens (including phenoxy) is 2. The maximum absolute atomic E-state index is 13.6. The number of nitrogen functional groups attached to an aromatic ring is 1. The van der Waals surface area contributed by atoms with Crippen molar-refractivity contribution in [3.63, 3.8) is 0 Å². The van der Waals surface area contributed by atoms with Gasteiger partial charge in [0.1, 0.15) is 42.0 Å². The Balaban J connectivity index is 0.696. The van der Waals surface area contributed by atoms with Crippen molar-refractivity contribution in [1.29, 1.82) is 0 Å². The van der Waals surface area contributed by atoms with Crippen LogP contribution in [-0.2, 0) is 30.5 Å². The second-order valence-electron chi connectivity index (χ2n) is 16.7. The van der Waals surface area contributed by atoms with Gasteiger partial charge in [0.2, 0.25) is 23.6 Å². The topological polar surface area (TPSA) is 198 Å². The standard InChI is InChI=1S/C47H52N10O7S/c48-44-42-43(31-13-15-34(16-14-31)64-33-8-2-1-3-9-33)52-57(45(42)50-30-49-44)32-7-5-20-55(27-32)40(59)12-6-19-53-21-23-54(24-22-53)41(60)29-63-25-26-65-38-11-4-10-35-36(38)28-56(47(35)62)37-17-18-39(58)51-46(37)61/h1-4,8-11,13-16,30,32,37H,5-7,12,17-29H2,(H2,48,49,50)(H,51,58,61)/t32-,37?/m1/s1. The highest BCUT2D eigenvalue weighted by Gasteiger charge is 2.40. The summed E-state index contributed by atoms with van der Waals surface area (Å²) in [7, 11) is 0. The number of fused-ring (bicyclic) bond motifs is 2. The lowest BCUT2D eigenvalue weighted by Crippen LogP contribution is -2.52. The van der Waals surface area contributed by atoms with E-state index in [-0.39, 0.29) is 42.7 Å². The Morgan fingerprint density at radius 3 is 2.46 bits per heavy atom. The Morgan fingerprint density at radius 1 is 0.862 bits per heavy atom. The second kappa shape index (κ2) is 19.8. The van der Waals surface area contributed by atoms with Gasteiger partial charge < -0.3 is 29.9 Å². The van der Waals surface area contributed by atoms with E-state index in [1.165, 1.54) is 6.33 Å². The zero-order valence-corrected chi connectivity index (χ0v) is 36.9. The third-order valence-electron chi connectivity index (χ3n) is 12.6. The van der Waals surface area contributed by atoms with E-state index in [4.69, 9.17) is 20.3 Å². The van der Waals surface area contributed by atoms with E-state index < -0.39 is 11.9 Å². The van der Waals surface area contributed by atoms with Gasteiger partial charge >= 0.3 is 0 Å². The van der Waals surface area contributed by atoms with Gasteiger partial charge in [-0.3, -0.25) is 34.2 Å². The highest BCUT2D eigenvalue weighted by atomic mass is 32.2. The van der Waals surface area contributed by atoms with E-state index in [1.54, 1.807) is 22.7 Å². The maximum atomic E-state index is 13.6. The fourth-order valence-electron chi connectivity index (χ4n) is 9.13. The lowest BCUT2D eigenvalue weighted by Gasteiger charge is -2.35. The van der Waals surface area contributed by atoms with Crippen molar-refractivity contribution >= 4 is 58.1 Å². The van der Waals surface area contributed by atoms with Crippen LogP contribution in [0.5, 0.6) is 11.5 Å². The number of benzene rings is 3. The molecule has 0 saturated carbocycles. The predicted molar refractivity (Wildman–Crippen MR) is 243 cm³/mol. The van der Waals surface area contributed by atoms with Gasteiger partial charge in [0.25, 0.3) is 5.91 Å². The number of piperidine rings is 2. The van der Waals surface area contributed by atoms with Gasteiger partial charge in [-0.05, 0) is 86.3 Å². The minimum Gasteiger partial charge on any atom is -0.457 e. The number of anilines is 1. The zero-order chi connectivity index (χ0) is 44.9. The van der Waals surface area contributed by atoms with Crippen LogP contribution in [0.25, 0.3) is 22.3 Å². The predicted octanol–water partition coefficient (Wildman–Crippen LogP) is 4.53. The van der Waals surface area contributed by atoms with Crippen LogP contribution in [0.1, 0.15) is 60.5 Å². The Hall–Kier alpha value is -6.37. The third kappa shape index (κ3) is 9.84. The van der Waals surface area contributed by atoms with Crippen molar-refractivity contribution < 1.29 is 33.4 Å². The van der Waals surface area contributed by atoms with E-state index in [0.29, 0.717) is 91.8 Å². The van der Waals surface area contributed by atoms with Crippen molar-refractivity contribution in [3.05, 3.63) is 90.3 Å². The van der Waals surface area contributed by atoms with Crippen molar-refractivity contribution in [1.82, 2.24) is 44.7 Å². The van der Waals surface area contributed by atoms with Gasteiger partial charge in [-0.2, -0.15) is 5.10 Å². The summed E-state index contributed by atoms with van der Waals surface area (Å²) in [6.45, 7) is 5.35. The summed E-state index contributed by atoms with van der Waals surface area (Å²) < 4.78 is 13.7. The zero-order valence-electron chi connectivity index (χ0n) is 36.1. The molecule has 1 unspecified atom stereocenters. The number of aromatic nitrogens is 4. The molecule has 3 N–H and O–H groups in total. The molecule has 17 nitrogen and oxygen atoms in total. The number of nitrogens with zero attached hydrogens (tertiary/aromatic N) is 8. The molecule has 4 aliphatic heterocycles. The SMILES string of the molecule is Nc1ncnc2c1c(-c1ccc(Oc3ccccc3)cc1)nn2[C@@H]1CCCN(C(=O)CCCN2CCN(C(=O)COCCSc3cccc4c3CN(C3CCC(=O)NC3=O)C4=O)CC2)C1. The van der Waals surface area contributed by atoms with Gasteiger partial charge in [0.15, 0.2) is 5.65 Å². The quantitative estimate of drug-likeness (QED) is 0.0846. The Bertz CT molecular complexity index is 2570. The number of rotatable bonds is 15. The van der Waals surface area contributed by atoms with Crippen molar-refractivity contribution in [2.45, 2.75) is 62.0 Å². The van der Waals surface area contributed by atoms with E-state index in [0.717, 1.165) is 60.7 Å². The van der Waals surface area contributed by atoms with Gasteiger partial charge in [-0.15, -0.1) is 11.8 Å². The summed E-state index contributed by atoms with van der Waals surface area (Å²) in [6, 6.07) is 22.1. The molecule has 0 spiro atoms. The minimum atomic E-state index is -0.660. The number of nitrogens with two attached hydrogens (primary N) is 1. The summed E-state index contributed by atoms with van der Waals surface area (Å²) >= 11 is 1.55. The van der Waals surface area contributed by atoms with Crippen LogP contribution in [0.15, 0.2) is 84.0 Å². The minimum absolute atomic E-state index is 0.00570. The van der Waals surface area contributed by atoms with Crippen LogP contribution in [-0.4, -0.2) is 140 Å². The van der Waals surface area contributed by atoms with Crippen LogP contribution in [0, 0.1) is 0 Å². The molecule has 9 rings (SSSR count). The summed E-state index contributed by atoms with van der Waals surface area (Å²) in [4.78, 5) is 81.2. The van der Waals surface area contributed by atoms with Crippen molar-refractivity contribution in [2.24, 2.45) is 0 Å². The fraction of sp³-hybridized carbons (Fsp3) is 0.404. The van der Waals surface area contributed by atoms with Crippen molar-refractivity contribution in [2.75, 3.05) is 70.5 Å². The largest absolute Gasteiger partial charge is 0.457 e. The second-order valence-corrected chi connectivity index (χ2v) is 17.9. The summed E-state index contributed by atoms with van der Waals surface area (Å²) in [5.74, 6) is 1.53. The molecule has 2 aromatic heterocycles. The molecule has 65 heavy (non-hydrogen) atoms. The molecule has 338 valence electrons. The molecule has 2 atom stereocenters. The number of hydrogen-bond donors (Lipinski definition) is 2. The van der Waals surface area contributed by atoms with Gasteiger partial charge in [0.05, 0.1) is 18.0 Å². The Labute approximate surface area is 380 Å². The smallest absolute Gasteiger partial charge is 0.255 e. The first kappa shape index (κ1) is 43.9. The lowest BCUT2D eigenvalue weighted by atomic mass is 10.0. The summed E-state index contributed by atoms with van der Waals surface area (Å²) in [5, 5.41) is 8.07. The summed E-state index contributed by atoms with van der Waals surface area (Å²) in [6.07, 6.45) is 4.86. The highest BCUT2D eigenvalue weighted by Crippen LogP contribution is 2.36. The molecular weight excluding hydrogens is 849 g/mol.